The fraction of sp³-hybridized carbons (Fsp3) is 0.444. The second-order valence-corrected chi connectivity index (χ2v) is 7.36. The van der Waals surface area contributed by atoms with Gasteiger partial charge in [-0.2, -0.15) is 0 Å². The van der Waals surface area contributed by atoms with Crippen molar-refractivity contribution in [1.82, 2.24) is 9.47 Å². The molecule has 5 nitrogen and oxygen atoms in total. The van der Waals surface area contributed by atoms with Crippen molar-refractivity contribution < 1.29 is 14.7 Å². The largest absolute Gasteiger partial charge is 0.481 e. The van der Waals surface area contributed by atoms with Crippen molar-refractivity contribution in [3.63, 3.8) is 0 Å². The summed E-state index contributed by atoms with van der Waals surface area (Å²) in [4.78, 5) is 27.0. The van der Waals surface area contributed by atoms with Crippen LogP contribution in [0.1, 0.15) is 42.2 Å². The van der Waals surface area contributed by atoms with Gasteiger partial charge in [-0.15, -0.1) is 11.3 Å². The molecule has 0 saturated heterocycles. The van der Waals surface area contributed by atoms with Crippen LogP contribution in [0.25, 0.3) is 0 Å². The average molecular weight is 346 g/mol. The lowest BCUT2D eigenvalue weighted by atomic mass is 9.98. The first-order chi connectivity index (χ1) is 11.5. The van der Waals surface area contributed by atoms with E-state index in [1.807, 2.05) is 52.4 Å². The number of hydrogen-bond donors (Lipinski definition) is 1. The van der Waals surface area contributed by atoms with Crippen LogP contribution in [0.2, 0.25) is 0 Å². The number of rotatable bonds is 8. The average Bonchev–Trinajstić information content (AvgIpc) is 3.06. The van der Waals surface area contributed by atoms with Gasteiger partial charge in [0.05, 0.1) is 13.0 Å². The van der Waals surface area contributed by atoms with Gasteiger partial charge < -0.3 is 14.6 Å². The topological polar surface area (TPSA) is 62.5 Å². The minimum Gasteiger partial charge on any atom is -0.481 e. The van der Waals surface area contributed by atoms with Gasteiger partial charge in [0.15, 0.2) is 0 Å². The molecule has 2 heterocycles. The van der Waals surface area contributed by atoms with Gasteiger partial charge in [-0.25, -0.2) is 0 Å². The van der Waals surface area contributed by atoms with Crippen LogP contribution in [0.4, 0.5) is 0 Å². The molecule has 2 aromatic rings. The van der Waals surface area contributed by atoms with E-state index in [1.54, 1.807) is 0 Å². The predicted octanol–water partition coefficient (Wildman–Crippen LogP) is 3.23. The van der Waals surface area contributed by atoms with Crippen molar-refractivity contribution in [2.24, 2.45) is 7.05 Å². The van der Waals surface area contributed by atoms with Crippen LogP contribution in [0.5, 0.6) is 0 Å². The molecule has 3 rings (SSSR count). The molecule has 0 unspecified atom stereocenters. The molecule has 0 aromatic carbocycles. The number of aliphatic carboxylic acids is 1. The van der Waals surface area contributed by atoms with E-state index in [4.69, 9.17) is 0 Å². The monoisotopic (exact) mass is 346 g/mol. The Bertz CT molecular complexity index is 704. The fourth-order valence-electron chi connectivity index (χ4n) is 2.98. The van der Waals surface area contributed by atoms with Gasteiger partial charge in [0.1, 0.15) is 0 Å². The maximum atomic E-state index is 12.9. The van der Waals surface area contributed by atoms with Gasteiger partial charge in [-0.1, -0.05) is 6.07 Å². The van der Waals surface area contributed by atoms with E-state index in [2.05, 4.69) is 0 Å². The number of nitrogens with zero attached hydrogens (tertiary/aromatic N) is 2. The molecular weight excluding hydrogens is 324 g/mol. The summed E-state index contributed by atoms with van der Waals surface area (Å²) in [6.45, 7) is 0.594. The number of hydrogen-bond acceptors (Lipinski definition) is 3. The molecule has 6 heteroatoms. The highest BCUT2D eigenvalue weighted by Crippen LogP contribution is 2.33. The van der Waals surface area contributed by atoms with Crippen molar-refractivity contribution in [3.05, 3.63) is 46.4 Å². The van der Waals surface area contributed by atoms with E-state index in [9.17, 15) is 14.7 Å². The number of carboxylic acid groups (broad SMARTS) is 1. The third kappa shape index (κ3) is 4.06. The van der Waals surface area contributed by atoms with E-state index in [0.29, 0.717) is 12.6 Å². The second-order valence-electron chi connectivity index (χ2n) is 6.38. The summed E-state index contributed by atoms with van der Waals surface area (Å²) < 4.78 is 2.02. The maximum absolute atomic E-state index is 12.9. The Hall–Kier alpha value is -2.08. The molecule has 1 atom stereocenters. The molecule has 1 N–H and O–H groups in total. The van der Waals surface area contributed by atoms with Gasteiger partial charge in [-0.05, 0) is 36.4 Å². The quantitative estimate of drug-likeness (QED) is 0.798. The van der Waals surface area contributed by atoms with Crippen molar-refractivity contribution in [2.75, 3.05) is 0 Å². The molecule has 2 aromatic heterocycles. The molecule has 0 bridgehead atoms. The zero-order valence-electron chi connectivity index (χ0n) is 13.7. The van der Waals surface area contributed by atoms with Crippen LogP contribution in [-0.4, -0.2) is 32.5 Å². The van der Waals surface area contributed by atoms with E-state index < -0.39 is 5.97 Å². The number of carboxylic acids is 1. The first-order valence-electron chi connectivity index (χ1n) is 8.19. The summed E-state index contributed by atoms with van der Waals surface area (Å²) in [6.07, 6.45) is 4.31. The third-order valence-corrected chi connectivity index (χ3v) is 5.51. The Morgan fingerprint density at radius 2 is 2.12 bits per heavy atom. The Balaban J connectivity index is 1.72. The zero-order chi connectivity index (χ0) is 17.1. The Morgan fingerprint density at radius 3 is 2.67 bits per heavy atom. The van der Waals surface area contributed by atoms with Crippen molar-refractivity contribution in [3.8, 4) is 0 Å². The molecule has 24 heavy (non-hydrogen) atoms. The lowest BCUT2D eigenvalue weighted by molar-refractivity contribution is -0.138. The van der Waals surface area contributed by atoms with Crippen LogP contribution in [-0.2, 0) is 23.2 Å². The van der Waals surface area contributed by atoms with Gasteiger partial charge >= 0.3 is 5.97 Å². The summed E-state index contributed by atoms with van der Waals surface area (Å²) in [5, 5.41) is 11.1. The lowest BCUT2D eigenvalue weighted by Crippen LogP contribution is -2.34. The Labute approximate surface area is 145 Å². The standard InChI is InChI=1S/C18H22N2O3S/c1-19-8-2-4-15(19)12-20(14-6-7-14)17(21)10-13(11-18(22)23)16-5-3-9-24-16/h2-5,8-9,13-14H,6-7,10-12H2,1H3,(H,22,23)/t13-/m1/s1. The zero-order valence-corrected chi connectivity index (χ0v) is 14.5. The highest BCUT2D eigenvalue weighted by atomic mass is 32.1. The minimum absolute atomic E-state index is 0.00504. The highest BCUT2D eigenvalue weighted by Gasteiger charge is 2.34. The number of aromatic nitrogens is 1. The minimum atomic E-state index is -0.860. The van der Waals surface area contributed by atoms with Crippen LogP contribution in [0.3, 0.4) is 0 Å². The van der Waals surface area contributed by atoms with Crippen molar-refractivity contribution >= 4 is 23.2 Å². The molecule has 0 radical (unpaired) electrons. The first-order valence-corrected chi connectivity index (χ1v) is 9.07. The molecule has 1 amide bonds. The van der Waals surface area contributed by atoms with E-state index in [1.165, 1.54) is 11.3 Å². The van der Waals surface area contributed by atoms with Crippen LogP contribution < -0.4 is 0 Å². The van der Waals surface area contributed by atoms with Gasteiger partial charge in [0, 0.05) is 42.2 Å². The molecule has 0 aliphatic heterocycles. The summed E-state index contributed by atoms with van der Waals surface area (Å²) in [5.41, 5.74) is 1.10. The number of aryl methyl sites for hydroxylation is 1. The summed E-state index contributed by atoms with van der Waals surface area (Å²) >= 11 is 1.52. The molecule has 1 aliphatic rings. The SMILES string of the molecule is Cn1cccc1CN(C(=O)C[C@H](CC(=O)O)c1cccs1)C1CC1. The van der Waals surface area contributed by atoms with Crippen molar-refractivity contribution in [2.45, 2.75) is 44.2 Å². The lowest BCUT2D eigenvalue weighted by Gasteiger charge is -2.25. The second kappa shape index (κ2) is 7.21. The predicted molar refractivity (Wildman–Crippen MR) is 92.9 cm³/mol. The van der Waals surface area contributed by atoms with Crippen LogP contribution in [0.15, 0.2) is 35.8 Å². The Morgan fingerprint density at radius 1 is 1.33 bits per heavy atom. The molecule has 128 valence electrons. The summed E-state index contributed by atoms with van der Waals surface area (Å²) in [6, 6.07) is 8.13. The normalized spacial score (nSPS) is 15.2. The van der Waals surface area contributed by atoms with Gasteiger partial charge in [0.25, 0.3) is 0 Å². The maximum Gasteiger partial charge on any atom is 0.304 e. The molecule has 0 spiro atoms. The first kappa shape index (κ1) is 16.8. The third-order valence-electron chi connectivity index (χ3n) is 4.48. The highest BCUT2D eigenvalue weighted by molar-refractivity contribution is 7.10. The fourth-order valence-corrected chi connectivity index (χ4v) is 3.81. The van der Waals surface area contributed by atoms with Crippen LogP contribution >= 0.6 is 11.3 Å². The number of carbonyl (C=O) groups is 2. The summed E-state index contributed by atoms with van der Waals surface area (Å²) in [5.74, 6) is -1.05. The van der Waals surface area contributed by atoms with E-state index in [-0.39, 0.29) is 24.7 Å². The Kier molecular flexibility index (Phi) is 5.04. The smallest absolute Gasteiger partial charge is 0.304 e. The molecular formula is C18H22N2O3S. The van der Waals surface area contributed by atoms with Crippen molar-refractivity contribution in [1.29, 1.82) is 0 Å². The summed E-state index contributed by atoms with van der Waals surface area (Å²) in [7, 11) is 1.98. The van der Waals surface area contributed by atoms with Crippen LogP contribution in [0, 0.1) is 0 Å². The molecule has 1 aliphatic carbocycles. The number of carbonyl (C=O) groups excluding carboxylic acids is 1. The van der Waals surface area contributed by atoms with E-state index in [0.717, 1.165) is 23.4 Å². The van der Waals surface area contributed by atoms with Gasteiger partial charge in [-0.3, -0.25) is 9.59 Å². The number of thiophene rings is 1. The number of amides is 1. The van der Waals surface area contributed by atoms with E-state index >= 15 is 0 Å². The van der Waals surface area contributed by atoms with Gasteiger partial charge in [0.2, 0.25) is 5.91 Å². The molecule has 1 saturated carbocycles. The molecule has 1 fully saturated rings.